The summed E-state index contributed by atoms with van der Waals surface area (Å²) in [6.07, 6.45) is 2.37. The number of carbonyl (C=O) groups excluding carboxylic acids is 2. The number of amides is 2. The van der Waals surface area contributed by atoms with Gasteiger partial charge in [-0.25, -0.2) is 0 Å². The maximum Gasteiger partial charge on any atom is 0.243 e. The Morgan fingerprint density at radius 3 is 2.40 bits per heavy atom. The summed E-state index contributed by atoms with van der Waals surface area (Å²) in [5, 5.41) is 2.13. The molecule has 0 bridgehead atoms. The topological polar surface area (TPSA) is 40.6 Å². The number of nitrogens with zero attached hydrogens (tertiary/aromatic N) is 2. The van der Waals surface area contributed by atoms with Gasteiger partial charge in [-0.1, -0.05) is 68.4 Å². The number of hydrogen-bond donors (Lipinski definition) is 0. The lowest BCUT2D eigenvalue weighted by Gasteiger charge is -2.39. The molecule has 0 spiro atoms. The second-order valence-corrected chi connectivity index (χ2v) is 10.5. The van der Waals surface area contributed by atoms with Crippen molar-refractivity contribution in [3.63, 3.8) is 0 Å². The van der Waals surface area contributed by atoms with E-state index in [2.05, 4.69) is 44.4 Å². The molecule has 4 rings (SSSR count). The molecule has 0 saturated heterocycles. The van der Waals surface area contributed by atoms with Crippen molar-refractivity contribution in [2.24, 2.45) is 0 Å². The van der Waals surface area contributed by atoms with Crippen molar-refractivity contribution in [2.45, 2.75) is 65.0 Å². The molecule has 4 nitrogen and oxygen atoms in total. The fraction of sp³-hybridized carbons (Fsp3) is 0.400. The molecule has 0 saturated carbocycles. The van der Waals surface area contributed by atoms with E-state index in [1.165, 1.54) is 16.0 Å². The van der Waals surface area contributed by atoms with Crippen molar-refractivity contribution in [1.29, 1.82) is 0 Å². The van der Waals surface area contributed by atoms with Gasteiger partial charge in [0.25, 0.3) is 0 Å². The summed E-state index contributed by atoms with van der Waals surface area (Å²) in [6, 6.07) is 20.3. The quantitative estimate of drug-likeness (QED) is 0.371. The molecule has 3 unspecified atom stereocenters. The first kappa shape index (κ1) is 25.2. The smallest absolute Gasteiger partial charge is 0.243 e. The van der Waals surface area contributed by atoms with Crippen LogP contribution in [0.25, 0.3) is 0 Å². The van der Waals surface area contributed by atoms with Crippen LogP contribution in [0.4, 0.5) is 0 Å². The van der Waals surface area contributed by atoms with E-state index >= 15 is 0 Å². The Kier molecular flexibility index (Phi) is 8.07. The molecule has 2 aromatic carbocycles. The van der Waals surface area contributed by atoms with E-state index in [1.807, 2.05) is 59.2 Å². The second kappa shape index (κ2) is 11.2. The van der Waals surface area contributed by atoms with Gasteiger partial charge in [-0.3, -0.25) is 9.59 Å². The zero-order chi connectivity index (χ0) is 24.9. The average molecular weight is 489 g/mol. The Morgan fingerprint density at radius 2 is 1.71 bits per heavy atom. The van der Waals surface area contributed by atoms with Crippen molar-refractivity contribution < 1.29 is 9.59 Å². The van der Waals surface area contributed by atoms with Crippen molar-refractivity contribution in [1.82, 2.24) is 9.80 Å². The van der Waals surface area contributed by atoms with Gasteiger partial charge < -0.3 is 9.80 Å². The van der Waals surface area contributed by atoms with Crippen molar-refractivity contribution in [2.75, 3.05) is 13.1 Å². The van der Waals surface area contributed by atoms with Crippen LogP contribution in [-0.2, 0) is 16.0 Å². The van der Waals surface area contributed by atoms with Gasteiger partial charge in [-0.2, -0.15) is 0 Å². The first-order valence-corrected chi connectivity index (χ1v) is 13.6. The van der Waals surface area contributed by atoms with Crippen LogP contribution in [0, 0.1) is 6.92 Å². The first-order chi connectivity index (χ1) is 17.0. The van der Waals surface area contributed by atoms with Crippen LogP contribution in [0.3, 0.4) is 0 Å². The van der Waals surface area contributed by atoms with Gasteiger partial charge in [0, 0.05) is 17.5 Å². The molecule has 2 amide bonds. The van der Waals surface area contributed by atoms with Crippen LogP contribution < -0.4 is 0 Å². The number of fused-ring (bicyclic) bond motifs is 1. The molecular weight excluding hydrogens is 452 g/mol. The molecule has 0 N–H and O–H groups in total. The molecule has 35 heavy (non-hydrogen) atoms. The maximum atomic E-state index is 13.9. The molecule has 3 atom stereocenters. The zero-order valence-corrected chi connectivity index (χ0v) is 22.1. The highest BCUT2D eigenvalue weighted by Gasteiger charge is 2.36. The van der Waals surface area contributed by atoms with Crippen molar-refractivity contribution in [3.8, 4) is 0 Å². The summed E-state index contributed by atoms with van der Waals surface area (Å²) in [6.45, 7) is 9.06. The number of hydrogen-bond acceptors (Lipinski definition) is 3. The largest absolute Gasteiger partial charge is 0.330 e. The van der Waals surface area contributed by atoms with Crippen LogP contribution in [0.2, 0.25) is 0 Å². The molecule has 0 fully saturated rings. The van der Waals surface area contributed by atoms with E-state index in [4.69, 9.17) is 0 Å². The van der Waals surface area contributed by atoms with E-state index in [9.17, 15) is 9.59 Å². The van der Waals surface area contributed by atoms with E-state index in [-0.39, 0.29) is 36.4 Å². The predicted molar refractivity (Wildman–Crippen MR) is 144 cm³/mol. The third-order valence-electron chi connectivity index (χ3n) is 7.39. The van der Waals surface area contributed by atoms with Crippen LogP contribution in [0.5, 0.6) is 0 Å². The molecule has 1 aliphatic rings. The third kappa shape index (κ3) is 5.20. The van der Waals surface area contributed by atoms with E-state index < -0.39 is 0 Å². The second-order valence-electron chi connectivity index (χ2n) is 9.49. The highest BCUT2D eigenvalue weighted by molar-refractivity contribution is 7.10. The van der Waals surface area contributed by atoms with Crippen molar-refractivity contribution >= 4 is 23.2 Å². The summed E-state index contributed by atoms with van der Waals surface area (Å²) >= 11 is 1.77. The predicted octanol–water partition coefficient (Wildman–Crippen LogP) is 6.35. The summed E-state index contributed by atoms with van der Waals surface area (Å²) < 4.78 is 0. The number of rotatable bonds is 8. The lowest BCUT2D eigenvalue weighted by atomic mass is 9.90. The van der Waals surface area contributed by atoms with Gasteiger partial charge >= 0.3 is 0 Å². The maximum absolute atomic E-state index is 13.9. The fourth-order valence-corrected chi connectivity index (χ4v) is 6.06. The van der Waals surface area contributed by atoms with Gasteiger partial charge in [-0.15, -0.1) is 11.3 Å². The fourth-order valence-electron chi connectivity index (χ4n) is 5.16. The molecule has 1 aromatic heterocycles. The van der Waals surface area contributed by atoms with E-state index in [1.54, 1.807) is 11.3 Å². The minimum absolute atomic E-state index is 0.0115. The molecule has 0 aliphatic carbocycles. The van der Waals surface area contributed by atoms with Crippen LogP contribution >= 0.6 is 11.3 Å². The minimum Gasteiger partial charge on any atom is -0.330 e. The average Bonchev–Trinajstić information content (AvgIpc) is 3.36. The minimum atomic E-state index is -0.241. The number of aryl methyl sites for hydroxylation is 1. The number of benzene rings is 2. The third-order valence-corrected chi connectivity index (χ3v) is 8.39. The highest BCUT2D eigenvalue weighted by Crippen LogP contribution is 2.39. The molecular formula is C30H36N2O2S. The molecule has 1 aliphatic heterocycles. The monoisotopic (exact) mass is 488 g/mol. The van der Waals surface area contributed by atoms with Crippen LogP contribution in [-0.4, -0.2) is 40.7 Å². The SMILES string of the molecule is CCC(C(=O)N(CC(=O)N1CCc2sccc2C1c1ccccc1C)C(C)CC)c1ccccc1. The van der Waals surface area contributed by atoms with Gasteiger partial charge in [-0.05, 0) is 66.8 Å². The van der Waals surface area contributed by atoms with E-state index in [0.29, 0.717) is 13.0 Å². The lowest BCUT2D eigenvalue weighted by Crippen LogP contribution is -2.50. The Bertz CT molecular complexity index is 1160. The van der Waals surface area contributed by atoms with Crippen LogP contribution in [0.15, 0.2) is 66.0 Å². The lowest BCUT2D eigenvalue weighted by molar-refractivity contribution is -0.144. The first-order valence-electron chi connectivity index (χ1n) is 12.7. The van der Waals surface area contributed by atoms with Gasteiger partial charge in [0.15, 0.2) is 0 Å². The molecule has 2 heterocycles. The Hall–Kier alpha value is -2.92. The van der Waals surface area contributed by atoms with Crippen LogP contribution in [0.1, 0.15) is 72.7 Å². The van der Waals surface area contributed by atoms with Gasteiger partial charge in [0.05, 0.1) is 12.0 Å². The van der Waals surface area contributed by atoms with Gasteiger partial charge in [0.2, 0.25) is 11.8 Å². The molecule has 184 valence electrons. The summed E-state index contributed by atoms with van der Waals surface area (Å²) in [7, 11) is 0. The Balaban J connectivity index is 1.64. The number of thiophene rings is 1. The molecule has 0 radical (unpaired) electrons. The summed E-state index contributed by atoms with van der Waals surface area (Å²) in [5.74, 6) is -0.177. The Labute approximate surface area is 213 Å². The number of carbonyl (C=O) groups is 2. The van der Waals surface area contributed by atoms with Gasteiger partial charge in [0.1, 0.15) is 6.54 Å². The Morgan fingerprint density at radius 1 is 1.00 bits per heavy atom. The molecule has 5 heteroatoms. The van der Waals surface area contributed by atoms with Crippen molar-refractivity contribution in [3.05, 3.63) is 93.2 Å². The molecule has 3 aromatic rings. The standard InChI is InChI=1S/C30H36N2O2S/c1-5-22(4)32(30(34)24(6-2)23-13-8-7-9-14-23)20-28(33)31-18-16-27-26(17-19-35-27)29(31)25-15-11-10-12-21(25)3/h7-15,17,19,22,24,29H,5-6,16,18,20H2,1-4H3. The normalized spacial score (nSPS) is 16.9. The highest BCUT2D eigenvalue weighted by atomic mass is 32.1. The zero-order valence-electron chi connectivity index (χ0n) is 21.2. The van der Waals surface area contributed by atoms with E-state index in [0.717, 1.165) is 24.0 Å². The summed E-state index contributed by atoms with van der Waals surface area (Å²) in [5.41, 5.74) is 4.58. The summed E-state index contributed by atoms with van der Waals surface area (Å²) in [4.78, 5) is 32.9.